The summed E-state index contributed by atoms with van der Waals surface area (Å²) < 4.78 is 46.9. The Hall–Kier alpha value is -1.25. The van der Waals surface area contributed by atoms with Gasteiger partial charge in [-0.25, -0.2) is 16.8 Å². The van der Waals surface area contributed by atoms with Crippen LogP contribution in [0.2, 0.25) is 0 Å². The first-order chi connectivity index (χ1) is 8.59. The van der Waals surface area contributed by atoms with E-state index in [0.29, 0.717) is 0 Å². The molecule has 0 saturated heterocycles. The number of ketones is 1. The molecule has 0 unspecified atom stereocenters. The van der Waals surface area contributed by atoms with Gasteiger partial charge < -0.3 is 5.32 Å². The van der Waals surface area contributed by atoms with Crippen molar-refractivity contribution >= 4 is 25.5 Å². The SMILES string of the molecule is CNCC(=O)c1cccc(S(C)(=O)=O)c1S(C)(=O)=O. The van der Waals surface area contributed by atoms with E-state index in [9.17, 15) is 21.6 Å². The molecule has 0 amide bonds. The molecule has 1 N–H and O–H groups in total. The molecule has 0 spiro atoms. The van der Waals surface area contributed by atoms with Gasteiger partial charge in [-0.2, -0.15) is 0 Å². The van der Waals surface area contributed by atoms with Crippen LogP contribution in [0.5, 0.6) is 0 Å². The van der Waals surface area contributed by atoms with Crippen molar-refractivity contribution in [3.63, 3.8) is 0 Å². The molecule has 0 aromatic heterocycles. The lowest BCUT2D eigenvalue weighted by Crippen LogP contribution is -2.22. The zero-order valence-electron chi connectivity index (χ0n) is 10.8. The highest BCUT2D eigenvalue weighted by molar-refractivity contribution is 7.93. The fourth-order valence-electron chi connectivity index (χ4n) is 1.67. The first kappa shape index (κ1) is 15.8. The van der Waals surface area contributed by atoms with E-state index in [0.717, 1.165) is 12.5 Å². The third kappa shape index (κ3) is 3.62. The molecular weight excluding hydrogens is 290 g/mol. The second kappa shape index (κ2) is 5.40. The standard InChI is InChI=1S/C11H15NO5S2/c1-12-7-9(13)8-5-4-6-10(18(2,14)15)11(8)19(3,16)17/h4-6,12H,7H2,1-3H3. The number of hydrogen-bond donors (Lipinski definition) is 1. The highest BCUT2D eigenvalue weighted by Gasteiger charge is 2.26. The molecule has 0 aliphatic heterocycles. The Balaban J connectivity index is 3.73. The molecule has 0 saturated carbocycles. The number of hydrogen-bond acceptors (Lipinski definition) is 6. The number of benzene rings is 1. The Bertz CT molecular complexity index is 705. The van der Waals surface area contributed by atoms with E-state index < -0.39 is 30.4 Å². The zero-order valence-corrected chi connectivity index (χ0v) is 12.4. The van der Waals surface area contributed by atoms with Crippen LogP contribution in [0, 0.1) is 0 Å². The Kier molecular flexibility index (Phi) is 4.49. The molecule has 6 nitrogen and oxygen atoms in total. The first-order valence-electron chi connectivity index (χ1n) is 5.30. The highest BCUT2D eigenvalue weighted by atomic mass is 32.2. The van der Waals surface area contributed by atoms with Crippen LogP contribution >= 0.6 is 0 Å². The molecule has 1 aromatic carbocycles. The largest absolute Gasteiger partial charge is 0.313 e. The summed E-state index contributed by atoms with van der Waals surface area (Å²) in [7, 11) is -6.04. The number of Topliss-reactive ketones (excluding diaryl/α,β-unsaturated/α-hetero) is 1. The molecular formula is C11H15NO5S2. The Morgan fingerprint density at radius 2 is 1.68 bits per heavy atom. The molecule has 1 aromatic rings. The van der Waals surface area contributed by atoms with Gasteiger partial charge in [0.15, 0.2) is 25.5 Å². The lowest BCUT2D eigenvalue weighted by Gasteiger charge is -2.11. The van der Waals surface area contributed by atoms with E-state index in [1.165, 1.54) is 18.2 Å². The molecule has 0 fully saturated rings. The van der Waals surface area contributed by atoms with Gasteiger partial charge in [-0.1, -0.05) is 6.07 Å². The second-order valence-corrected chi connectivity index (χ2v) is 8.07. The monoisotopic (exact) mass is 305 g/mol. The van der Waals surface area contributed by atoms with E-state index in [1.54, 1.807) is 7.05 Å². The van der Waals surface area contributed by atoms with E-state index >= 15 is 0 Å². The summed E-state index contributed by atoms with van der Waals surface area (Å²) in [6.45, 7) is -0.0737. The lowest BCUT2D eigenvalue weighted by molar-refractivity contribution is 0.0990. The third-order valence-electron chi connectivity index (χ3n) is 2.39. The van der Waals surface area contributed by atoms with Gasteiger partial charge in [-0.05, 0) is 19.2 Å². The first-order valence-corrected chi connectivity index (χ1v) is 9.08. The zero-order chi connectivity index (χ0) is 14.8. The van der Waals surface area contributed by atoms with Gasteiger partial charge in [0.05, 0.1) is 16.3 Å². The molecule has 0 radical (unpaired) electrons. The molecule has 0 heterocycles. The minimum atomic E-state index is -3.84. The summed E-state index contributed by atoms with van der Waals surface area (Å²) in [6, 6.07) is 3.85. The number of carbonyl (C=O) groups excluding carboxylic acids is 1. The van der Waals surface area contributed by atoms with Crippen LogP contribution in [-0.2, 0) is 19.7 Å². The lowest BCUT2D eigenvalue weighted by atomic mass is 10.1. The van der Waals surface area contributed by atoms with Crippen LogP contribution in [-0.4, -0.2) is 48.7 Å². The van der Waals surface area contributed by atoms with Gasteiger partial charge in [0.2, 0.25) is 0 Å². The fraction of sp³-hybridized carbons (Fsp3) is 0.364. The van der Waals surface area contributed by atoms with Gasteiger partial charge in [-0.15, -0.1) is 0 Å². The van der Waals surface area contributed by atoms with Gasteiger partial charge >= 0.3 is 0 Å². The van der Waals surface area contributed by atoms with E-state index in [2.05, 4.69) is 5.32 Å². The van der Waals surface area contributed by atoms with Crippen molar-refractivity contribution in [1.82, 2.24) is 5.32 Å². The quantitative estimate of drug-likeness (QED) is 0.763. The van der Waals surface area contributed by atoms with Crippen molar-refractivity contribution in [2.24, 2.45) is 0 Å². The average molecular weight is 305 g/mol. The number of carbonyl (C=O) groups is 1. The molecule has 8 heteroatoms. The molecule has 19 heavy (non-hydrogen) atoms. The topological polar surface area (TPSA) is 97.4 Å². The molecule has 0 bridgehead atoms. The highest BCUT2D eigenvalue weighted by Crippen LogP contribution is 2.25. The summed E-state index contributed by atoms with van der Waals surface area (Å²) in [5.41, 5.74) is -0.111. The molecule has 1 rings (SSSR count). The van der Waals surface area contributed by atoms with Crippen LogP contribution in [0.4, 0.5) is 0 Å². The summed E-state index contributed by atoms with van der Waals surface area (Å²) in [4.78, 5) is 11.1. The predicted molar refractivity (Wildman–Crippen MR) is 70.9 cm³/mol. The van der Waals surface area contributed by atoms with Crippen LogP contribution in [0.25, 0.3) is 0 Å². The van der Waals surface area contributed by atoms with Crippen molar-refractivity contribution in [3.8, 4) is 0 Å². The molecule has 106 valence electrons. The predicted octanol–water partition coefficient (Wildman–Crippen LogP) is -0.104. The van der Waals surface area contributed by atoms with E-state index in [4.69, 9.17) is 0 Å². The van der Waals surface area contributed by atoms with Gasteiger partial charge in [-0.3, -0.25) is 4.79 Å². The van der Waals surface area contributed by atoms with E-state index in [-0.39, 0.29) is 17.0 Å². The van der Waals surface area contributed by atoms with E-state index in [1.807, 2.05) is 0 Å². The fourth-order valence-corrected chi connectivity index (χ4v) is 4.36. The average Bonchev–Trinajstić information content (AvgIpc) is 2.26. The van der Waals surface area contributed by atoms with Gasteiger partial charge in [0.1, 0.15) is 0 Å². The minimum absolute atomic E-state index is 0.0737. The number of likely N-dealkylation sites (N-methyl/N-ethyl adjacent to an activating group) is 1. The maximum absolute atomic E-state index is 11.9. The maximum atomic E-state index is 11.9. The smallest absolute Gasteiger partial charge is 0.177 e. The van der Waals surface area contributed by atoms with Crippen molar-refractivity contribution in [3.05, 3.63) is 23.8 Å². The number of sulfone groups is 2. The van der Waals surface area contributed by atoms with Gasteiger partial charge in [0, 0.05) is 18.1 Å². The summed E-state index contributed by atoms with van der Waals surface area (Å²) in [5, 5.41) is 2.61. The Labute approximate surface area is 112 Å². The Morgan fingerprint density at radius 1 is 1.11 bits per heavy atom. The van der Waals surface area contributed by atoms with Crippen molar-refractivity contribution in [2.75, 3.05) is 26.1 Å². The van der Waals surface area contributed by atoms with Crippen molar-refractivity contribution < 1.29 is 21.6 Å². The van der Waals surface area contributed by atoms with Crippen molar-refractivity contribution in [1.29, 1.82) is 0 Å². The van der Waals surface area contributed by atoms with Gasteiger partial charge in [0.25, 0.3) is 0 Å². The summed E-state index contributed by atoms with van der Waals surface area (Å²) >= 11 is 0. The van der Waals surface area contributed by atoms with Crippen molar-refractivity contribution in [2.45, 2.75) is 9.79 Å². The number of rotatable bonds is 5. The van der Waals surface area contributed by atoms with Crippen LogP contribution < -0.4 is 5.32 Å². The van der Waals surface area contributed by atoms with Crippen LogP contribution in [0.3, 0.4) is 0 Å². The summed E-state index contributed by atoms with van der Waals surface area (Å²) in [5.74, 6) is -0.478. The van der Waals surface area contributed by atoms with Crippen LogP contribution in [0.1, 0.15) is 10.4 Å². The summed E-state index contributed by atoms with van der Waals surface area (Å²) in [6.07, 6.45) is 1.79. The molecule has 0 atom stereocenters. The molecule has 0 aliphatic rings. The second-order valence-electron chi connectivity index (χ2n) is 4.13. The maximum Gasteiger partial charge on any atom is 0.177 e. The van der Waals surface area contributed by atoms with Crippen LogP contribution in [0.15, 0.2) is 28.0 Å². The molecule has 0 aliphatic carbocycles. The minimum Gasteiger partial charge on any atom is -0.313 e. The number of nitrogens with one attached hydrogen (secondary N) is 1. The normalized spacial score (nSPS) is 12.4. The Morgan fingerprint density at radius 3 is 2.11 bits per heavy atom. The third-order valence-corrected chi connectivity index (χ3v) is 4.84.